The minimum atomic E-state index is -0.936. The van der Waals surface area contributed by atoms with E-state index < -0.39 is 5.97 Å². The number of amides is 1. The number of rotatable bonds is 7. The van der Waals surface area contributed by atoms with Gasteiger partial charge in [-0.3, -0.25) is 14.6 Å². The molecule has 1 unspecified atom stereocenters. The van der Waals surface area contributed by atoms with Gasteiger partial charge in [0.1, 0.15) is 5.75 Å². The molecule has 98 valence electrons. The zero-order chi connectivity index (χ0) is 13.4. The molecule has 1 rings (SSSR count). The first-order valence-corrected chi connectivity index (χ1v) is 5.62. The molecule has 1 atom stereocenters. The first-order chi connectivity index (χ1) is 8.58. The van der Waals surface area contributed by atoms with E-state index >= 15 is 0 Å². The molecule has 0 aliphatic carbocycles. The number of hydrogen-bond acceptors (Lipinski definition) is 4. The summed E-state index contributed by atoms with van der Waals surface area (Å²) in [5.41, 5.74) is 0. The number of aliphatic carboxylic acids is 1. The van der Waals surface area contributed by atoms with Crippen LogP contribution >= 0.6 is 0 Å². The summed E-state index contributed by atoms with van der Waals surface area (Å²) in [6.07, 6.45) is 3.28. The zero-order valence-corrected chi connectivity index (χ0v) is 10.1. The van der Waals surface area contributed by atoms with Gasteiger partial charge >= 0.3 is 5.97 Å². The Labute approximate surface area is 105 Å². The molecule has 1 heterocycles. The van der Waals surface area contributed by atoms with Crippen LogP contribution in [-0.4, -0.2) is 34.6 Å². The molecule has 0 saturated carbocycles. The molecule has 1 amide bonds. The minimum absolute atomic E-state index is 0.0881. The molecule has 1 aromatic rings. The van der Waals surface area contributed by atoms with Gasteiger partial charge < -0.3 is 15.2 Å². The fraction of sp³-hybridized carbons (Fsp3) is 0.417. The molecule has 0 saturated heterocycles. The van der Waals surface area contributed by atoms with Gasteiger partial charge in [-0.15, -0.1) is 0 Å². The van der Waals surface area contributed by atoms with Crippen LogP contribution in [0.4, 0.5) is 0 Å². The van der Waals surface area contributed by atoms with Crippen molar-refractivity contribution in [1.29, 1.82) is 0 Å². The second-order valence-electron chi connectivity index (χ2n) is 3.85. The van der Waals surface area contributed by atoms with Gasteiger partial charge in [0.05, 0.1) is 25.6 Å². The van der Waals surface area contributed by atoms with Gasteiger partial charge in [-0.2, -0.15) is 0 Å². The fourth-order valence-corrected chi connectivity index (χ4v) is 1.35. The average molecular weight is 252 g/mol. The van der Waals surface area contributed by atoms with E-state index in [9.17, 15) is 9.59 Å². The summed E-state index contributed by atoms with van der Waals surface area (Å²) < 4.78 is 5.30. The van der Waals surface area contributed by atoms with Crippen molar-refractivity contribution in [3.05, 3.63) is 24.5 Å². The molecule has 0 aliphatic heterocycles. The monoisotopic (exact) mass is 252 g/mol. The highest BCUT2D eigenvalue weighted by atomic mass is 16.5. The number of pyridine rings is 1. The van der Waals surface area contributed by atoms with Gasteiger partial charge in [0, 0.05) is 12.2 Å². The van der Waals surface area contributed by atoms with Gasteiger partial charge in [0.25, 0.3) is 0 Å². The summed E-state index contributed by atoms with van der Waals surface area (Å²) >= 11 is 0. The molecule has 2 N–H and O–H groups in total. The Balaban J connectivity index is 2.19. The topological polar surface area (TPSA) is 88.5 Å². The van der Waals surface area contributed by atoms with Gasteiger partial charge in [-0.1, -0.05) is 0 Å². The lowest BCUT2D eigenvalue weighted by molar-refractivity contribution is -0.137. The lowest BCUT2D eigenvalue weighted by Gasteiger charge is -2.11. The number of carbonyl (C=O) groups is 2. The summed E-state index contributed by atoms with van der Waals surface area (Å²) in [6, 6.07) is 3.11. The number of aromatic nitrogens is 1. The van der Waals surface area contributed by atoms with E-state index in [0.29, 0.717) is 5.75 Å². The van der Waals surface area contributed by atoms with Crippen LogP contribution in [0.3, 0.4) is 0 Å². The maximum absolute atomic E-state index is 11.4. The Hall–Kier alpha value is -2.11. The lowest BCUT2D eigenvalue weighted by Crippen LogP contribution is -2.34. The summed E-state index contributed by atoms with van der Waals surface area (Å²) in [4.78, 5) is 25.7. The first-order valence-electron chi connectivity index (χ1n) is 5.62. The van der Waals surface area contributed by atoms with Crippen LogP contribution in [0.1, 0.15) is 19.8 Å². The van der Waals surface area contributed by atoms with E-state index in [1.165, 1.54) is 0 Å². The van der Waals surface area contributed by atoms with Crippen LogP contribution in [0.25, 0.3) is 0 Å². The number of nitrogens with one attached hydrogen (secondary N) is 1. The Morgan fingerprint density at radius 3 is 2.94 bits per heavy atom. The van der Waals surface area contributed by atoms with Crippen molar-refractivity contribution < 1.29 is 19.4 Å². The SMILES string of the molecule is CC(CC(=O)O)NC(=O)CCOc1cccnc1. The van der Waals surface area contributed by atoms with Gasteiger partial charge in [-0.25, -0.2) is 0 Å². The number of hydrogen-bond donors (Lipinski definition) is 2. The highest BCUT2D eigenvalue weighted by Gasteiger charge is 2.10. The predicted octanol–water partition coefficient (Wildman–Crippen LogP) is 0.830. The Morgan fingerprint density at radius 1 is 1.56 bits per heavy atom. The van der Waals surface area contributed by atoms with E-state index in [0.717, 1.165) is 0 Å². The van der Waals surface area contributed by atoms with Crippen LogP contribution in [0.15, 0.2) is 24.5 Å². The largest absolute Gasteiger partial charge is 0.491 e. The third kappa shape index (κ3) is 5.83. The van der Waals surface area contributed by atoms with Gasteiger partial charge in [0.15, 0.2) is 0 Å². The Kier molecular flexibility index (Phi) is 5.63. The standard InChI is InChI=1S/C12H16N2O4/c1-9(7-12(16)17)14-11(15)4-6-18-10-3-2-5-13-8-10/h2-3,5,8-9H,4,6-7H2,1H3,(H,14,15)(H,16,17). The number of ether oxygens (including phenoxy) is 1. The molecule has 6 nitrogen and oxygen atoms in total. The maximum atomic E-state index is 11.4. The Bertz CT molecular complexity index is 394. The second-order valence-corrected chi connectivity index (χ2v) is 3.85. The molecule has 0 aromatic carbocycles. The predicted molar refractivity (Wildman–Crippen MR) is 64.2 cm³/mol. The quantitative estimate of drug-likeness (QED) is 0.750. The van der Waals surface area contributed by atoms with Gasteiger partial charge in [-0.05, 0) is 19.1 Å². The van der Waals surface area contributed by atoms with Gasteiger partial charge in [0.2, 0.25) is 5.91 Å². The molecule has 0 radical (unpaired) electrons. The third-order valence-electron chi connectivity index (χ3n) is 2.12. The van der Waals surface area contributed by atoms with Crippen molar-refractivity contribution in [2.45, 2.75) is 25.8 Å². The second kappa shape index (κ2) is 7.26. The number of nitrogens with zero attached hydrogens (tertiary/aromatic N) is 1. The third-order valence-corrected chi connectivity index (χ3v) is 2.12. The van der Waals surface area contributed by atoms with Crippen molar-refractivity contribution in [1.82, 2.24) is 10.3 Å². The molecule has 0 aliphatic rings. The lowest BCUT2D eigenvalue weighted by atomic mass is 10.2. The van der Waals surface area contributed by atoms with Crippen LogP contribution < -0.4 is 10.1 Å². The number of carbonyl (C=O) groups excluding carboxylic acids is 1. The average Bonchev–Trinajstić information content (AvgIpc) is 2.29. The normalized spacial score (nSPS) is 11.6. The van der Waals surface area contributed by atoms with Crippen LogP contribution in [0.5, 0.6) is 5.75 Å². The van der Waals surface area contributed by atoms with E-state index in [4.69, 9.17) is 9.84 Å². The molecule has 6 heteroatoms. The minimum Gasteiger partial charge on any atom is -0.491 e. The first kappa shape index (κ1) is 14.0. The summed E-state index contributed by atoms with van der Waals surface area (Å²) in [5, 5.41) is 11.1. The van der Waals surface area contributed by atoms with E-state index in [-0.39, 0.29) is 31.4 Å². The van der Waals surface area contributed by atoms with Crippen molar-refractivity contribution in [3.63, 3.8) is 0 Å². The molecular weight excluding hydrogens is 236 g/mol. The van der Waals surface area contributed by atoms with Crippen molar-refractivity contribution in [2.24, 2.45) is 0 Å². The molecule has 18 heavy (non-hydrogen) atoms. The van der Waals surface area contributed by atoms with Crippen molar-refractivity contribution in [3.8, 4) is 5.75 Å². The van der Waals surface area contributed by atoms with E-state index in [1.54, 1.807) is 31.5 Å². The smallest absolute Gasteiger partial charge is 0.305 e. The molecule has 0 spiro atoms. The van der Waals surface area contributed by atoms with Crippen LogP contribution in [0, 0.1) is 0 Å². The summed E-state index contributed by atoms with van der Waals surface area (Å²) in [7, 11) is 0. The summed E-state index contributed by atoms with van der Waals surface area (Å²) in [5.74, 6) is -0.564. The van der Waals surface area contributed by atoms with E-state index in [2.05, 4.69) is 10.3 Å². The molecule has 0 bridgehead atoms. The van der Waals surface area contributed by atoms with Crippen LogP contribution in [0.2, 0.25) is 0 Å². The Morgan fingerprint density at radius 2 is 2.33 bits per heavy atom. The fourth-order valence-electron chi connectivity index (χ4n) is 1.35. The maximum Gasteiger partial charge on any atom is 0.305 e. The summed E-state index contributed by atoms with van der Waals surface area (Å²) in [6.45, 7) is 1.88. The number of carboxylic acid groups (broad SMARTS) is 1. The zero-order valence-electron chi connectivity index (χ0n) is 10.1. The number of carboxylic acids is 1. The van der Waals surface area contributed by atoms with E-state index in [1.807, 2.05) is 0 Å². The van der Waals surface area contributed by atoms with Crippen molar-refractivity contribution in [2.75, 3.05) is 6.61 Å². The van der Waals surface area contributed by atoms with Crippen LogP contribution in [-0.2, 0) is 9.59 Å². The molecular formula is C12H16N2O4. The highest BCUT2D eigenvalue weighted by Crippen LogP contribution is 2.06. The van der Waals surface area contributed by atoms with Crippen molar-refractivity contribution >= 4 is 11.9 Å². The molecule has 0 fully saturated rings. The highest BCUT2D eigenvalue weighted by molar-refractivity contribution is 5.77. The molecule has 1 aromatic heterocycles.